The summed E-state index contributed by atoms with van der Waals surface area (Å²) in [7, 11) is 1.82. The highest BCUT2D eigenvalue weighted by Gasteiger charge is 2.24. The van der Waals surface area contributed by atoms with E-state index in [1.54, 1.807) is 4.90 Å². The van der Waals surface area contributed by atoms with Gasteiger partial charge < -0.3 is 14.1 Å². The Kier molecular flexibility index (Phi) is 7.65. The van der Waals surface area contributed by atoms with Crippen molar-refractivity contribution in [1.82, 2.24) is 15.1 Å². The van der Waals surface area contributed by atoms with Crippen LogP contribution in [0.4, 0.5) is 0 Å². The van der Waals surface area contributed by atoms with Crippen molar-refractivity contribution in [2.75, 3.05) is 12.8 Å². The zero-order chi connectivity index (χ0) is 23.9. The van der Waals surface area contributed by atoms with Crippen LogP contribution < -0.4 is 4.74 Å². The minimum absolute atomic E-state index is 0.0332. The standard InChI is InChI=1S/C27H27N3O3S/c1-19-14-15-20(2)23(16-19)32-17-24-28-29-27(33-24)34-18-25(31)30(3)26(21-10-6-4-7-11-21)22-12-8-5-9-13-22/h4-16,26H,17-18H2,1-3H3. The number of hydrogen-bond acceptors (Lipinski definition) is 6. The van der Waals surface area contributed by atoms with Gasteiger partial charge in [-0.2, -0.15) is 0 Å². The summed E-state index contributed by atoms with van der Waals surface area (Å²) in [6, 6.07) is 25.9. The van der Waals surface area contributed by atoms with Crippen LogP contribution in [0.3, 0.4) is 0 Å². The Balaban J connectivity index is 1.38. The lowest BCUT2D eigenvalue weighted by Crippen LogP contribution is -2.33. The molecule has 3 aromatic carbocycles. The Bertz CT molecular complexity index is 1190. The summed E-state index contributed by atoms with van der Waals surface area (Å²) in [5.41, 5.74) is 4.27. The number of aryl methyl sites for hydroxylation is 2. The molecule has 0 spiro atoms. The first-order valence-electron chi connectivity index (χ1n) is 11.0. The van der Waals surface area contributed by atoms with E-state index in [0.717, 1.165) is 28.0 Å². The smallest absolute Gasteiger partial charge is 0.277 e. The molecule has 1 aromatic heterocycles. The van der Waals surface area contributed by atoms with E-state index in [4.69, 9.17) is 9.15 Å². The third-order valence-electron chi connectivity index (χ3n) is 5.47. The number of amides is 1. The van der Waals surface area contributed by atoms with E-state index < -0.39 is 0 Å². The molecule has 0 unspecified atom stereocenters. The second-order valence-electron chi connectivity index (χ2n) is 8.04. The van der Waals surface area contributed by atoms with Crippen molar-refractivity contribution in [2.45, 2.75) is 31.7 Å². The summed E-state index contributed by atoms with van der Waals surface area (Å²) in [6.07, 6.45) is 0. The molecule has 174 valence electrons. The Hall–Kier alpha value is -3.58. The number of thioether (sulfide) groups is 1. The fourth-order valence-corrected chi connectivity index (χ4v) is 4.34. The Morgan fingerprint density at radius 3 is 2.26 bits per heavy atom. The molecule has 0 atom stereocenters. The Morgan fingerprint density at radius 2 is 1.62 bits per heavy atom. The third-order valence-corrected chi connectivity index (χ3v) is 6.28. The number of benzene rings is 3. The molecule has 0 aliphatic heterocycles. The number of carbonyl (C=O) groups is 1. The first-order chi connectivity index (χ1) is 16.5. The van der Waals surface area contributed by atoms with Crippen LogP contribution in [0.2, 0.25) is 0 Å². The van der Waals surface area contributed by atoms with E-state index in [0.29, 0.717) is 11.1 Å². The van der Waals surface area contributed by atoms with Crippen LogP contribution in [0.5, 0.6) is 5.75 Å². The van der Waals surface area contributed by atoms with Gasteiger partial charge in [-0.15, -0.1) is 10.2 Å². The zero-order valence-electron chi connectivity index (χ0n) is 19.5. The van der Waals surface area contributed by atoms with Crippen LogP contribution in [0, 0.1) is 13.8 Å². The summed E-state index contributed by atoms with van der Waals surface area (Å²) in [6.45, 7) is 4.18. The minimum atomic E-state index is -0.181. The molecule has 6 nitrogen and oxygen atoms in total. The quantitative estimate of drug-likeness (QED) is 0.295. The summed E-state index contributed by atoms with van der Waals surface area (Å²) >= 11 is 1.23. The molecule has 0 aliphatic rings. The zero-order valence-corrected chi connectivity index (χ0v) is 20.3. The van der Waals surface area contributed by atoms with E-state index in [2.05, 4.69) is 10.2 Å². The molecule has 0 saturated heterocycles. The highest BCUT2D eigenvalue weighted by Crippen LogP contribution is 2.29. The molecule has 1 heterocycles. The fraction of sp³-hybridized carbons (Fsp3) is 0.222. The Labute approximate surface area is 204 Å². The van der Waals surface area contributed by atoms with Crippen molar-refractivity contribution >= 4 is 17.7 Å². The predicted octanol–water partition coefficient (Wildman–Crippen LogP) is 5.61. The van der Waals surface area contributed by atoms with E-state index in [1.807, 2.05) is 99.8 Å². The second kappa shape index (κ2) is 11.0. The number of ether oxygens (including phenoxy) is 1. The topological polar surface area (TPSA) is 68.5 Å². The molecule has 0 radical (unpaired) electrons. The molecule has 7 heteroatoms. The van der Waals surface area contributed by atoms with Gasteiger partial charge in [0.25, 0.3) is 11.1 Å². The van der Waals surface area contributed by atoms with Gasteiger partial charge in [0.1, 0.15) is 5.75 Å². The van der Waals surface area contributed by atoms with Gasteiger partial charge in [-0.1, -0.05) is 84.6 Å². The molecule has 0 bridgehead atoms. The van der Waals surface area contributed by atoms with Crippen molar-refractivity contribution in [2.24, 2.45) is 0 Å². The molecule has 0 aliphatic carbocycles. The summed E-state index contributed by atoms with van der Waals surface area (Å²) < 4.78 is 11.5. The van der Waals surface area contributed by atoms with Crippen LogP contribution in [0.15, 0.2) is 88.5 Å². The molecular weight excluding hydrogens is 446 g/mol. The first-order valence-corrected chi connectivity index (χ1v) is 12.0. The van der Waals surface area contributed by atoms with Gasteiger partial charge in [-0.3, -0.25) is 4.79 Å². The van der Waals surface area contributed by atoms with Gasteiger partial charge in [-0.25, -0.2) is 0 Å². The van der Waals surface area contributed by atoms with Crippen molar-refractivity contribution in [1.29, 1.82) is 0 Å². The maximum absolute atomic E-state index is 13.1. The molecular formula is C27H27N3O3S. The lowest BCUT2D eigenvalue weighted by atomic mass is 9.97. The highest BCUT2D eigenvalue weighted by molar-refractivity contribution is 7.99. The number of carbonyl (C=O) groups excluding carboxylic acids is 1. The number of aromatic nitrogens is 2. The van der Waals surface area contributed by atoms with Gasteiger partial charge in [0, 0.05) is 7.05 Å². The van der Waals surface area contributed by atoms with Crippen LogP contribution in [0.25, 0.3) is 0 Å². The molecule has 1 amide bonds. The maximum atomic E-state index is 13.1. The molecule has 0 N–H and O–H groups in total. The van der Waals surface area contributed by atoms with Crippen molar-refractivity contribution < 1.29 is 13.9 Å². The van der Waals surface area contributed by atoms with Crippen molar-refractivity contribution in [3.63, 3.8) is 0 Å². The van der Waals surface area contributed by atoms with Crippen LogP contribution in [0.1, 0.15) is 34.2 Å². The third kappa shape index (κ3) is 5.85. The largest absolute Gasteiger partial charge is 0.484 e. The maximum Gasteiger partial charge on any atom is 0.277 e. The van der Waals surface area contributed by atoms with Gasteiger partial charge >= 0.3 is 0 Å². The van der Waals surface area contributed by atoms with Crippen LogP contribution in [-0.2, 0) is 11.4 Å². The van der Waals surface area contributed by atoms with Gasteiger partial charge in [0.2, 0.25) is 5.91 Å². The summed E-state index contributed by atoms with van der Waals surface area (Å²) in [5, 5.41) is 8.45. The van der Waals surface area contributed by atoms with Gasteiger partial charge in [0.05, 0.1) is 11.8 Å². The fourth-order valence-electron chi connectivity index (χ4n) is 3.64. The lowest BCUT2D eigenvalue weighted by molar-refractivity contribution is -0.128. The van der Waals surface area contributed by atoms with Crippen LogP contribution >= 0.6 is 11.8 Å². The second-order valence-corrected chi connectivity index (χ2v) is 8.96. The van der Waals surface area contributed by atoms with Gasteiger partial charge in [0.15, 0.2) is 6.61 Å². The summed E-state index contributed by atoms with van der Waals surface area (Å²) in [5.74, 6) is 1.31. The first kappa shape index (κ1) is 23.6. The molecule has 0 fully saturated rings. The van der Waals surface area contributed by atoms with Crippen LogP contribution in [-0.4, -0.2) is 33.8 Å². The average molecular weight is 474 g/mol. The van der Waals surface area contributed by atoms with E-state index >= 15 is 0 Å². The number of rotatable bonds is 9. The predicted molar refractivity (Wildman–Crippen MR) is 133 cm³/mol. The minimum Gasteiger partial charge on any atom is -0.484 e. The monoisotopic (exact) mass is 473 g/mol. The SMILES string of the molecule is Cc1ccc(C)c(OCc2nnc(SCC(=O)N(C)C(c3ccccc3)c3ccccc3)o2)c1. The summed E-state index contributed by atoms with van der Waals surface area (Å²) in [4.78, 5) is 14.8. The average Bonchev–Trinajstić information content (AvgIpc) is 3.32. The number of nitrogens with zero attached hydrogens (tertiary/aromatic N) is 3. The van der Waals surface area contributed by atoms with E-state index in [1.165, 1.54) is 11.8 Å². The molecule has 4 rings (SSSR count). The number of hydrogen-bond donors (Lipinski definition) is 0. The van der Waals surface area contributed by atoms with Crippen molar-refractivity contribution in [3.05, 3.63) is 107 Å². The lowest BCUT2D eigenvalue weighted by Gasteiger charge is -2.29. The normalized spacial score (nSPS) is 10.9. The van der Waals surface area contributed by atoms with E-state index in [-0.39, 0.29) is 24.3 Å². The van der Waals surface area contributed by atoms with Crippen molar-refractivity contribution in [3.8, 4) is 5.75 Å². The van der Waals surface area contributed by atoms with Gasteiger partial charge in [-0.05, 0) is 42.2 Å². The highest BCUT2D eigenvalue weighted by atomic mass is 32.2. The molecule has 34 heavy (non-hydrogen) atoms. The van der Waals surface area contributed by atoms with E-state index in [9.17, 15) is 4.79 Å². The Morgan fingerprint density at radius 1 is 0.971 bits per heavy atom. The molecule has 0 saturated carbocycles. The molecule has 4 aromatic rings.